The summed E-state index contributed by atoms with van der Waals surface area (Å²) in [4.78, 5) is 24.8. The molecule has 216 valence electrons. The van der Waals surface area contributed by atoms with Crippen LogP contribution in [0.4, 0.5) is 8.78 Å². The fourth-order valence-corrected chi connectivity index (χ4v) is 5.33. The maximum atomic E-state index is 14.8. The van der Waals surface area contributed by atoms with Crippen LogP contribution >= 0.6 is 11.6 Å². The van der Waals surface area contributed by atoms with Gasteiger partial charge in [-0.3, -0.25) is 9.59 Å². The molecule has 0 aliphatic carbocycles. The van der Waals surface area contributed by atoms with Gasteiger partial charge in [-0.1, -0.05) is 25.4 Å². The summed E-state index contributed by atoms with van der Waals surface area (Å²) in [5, 5.41) is 15.3. The fourth-order valence-electron chi connectivity index (χ4n) is 5.17. The van der Waals surface area contributed by atoms with Crippen molar-refractivity contribution in [1.82, 2.24) is 20.0 Å². The molecule has 2 aliphatic rings. The zero-order valence-electron chi connectivity index (χ0n) is 23.3. The van der Waals surface area contributed by atoms with E-state index in [0.29, 0.717) is 36.5 Å². The van der Waals surface area contributed by atoms with Crippen LogP contribution < -0.4 is 10.2 Å². The summed E-state index contributed by atoms with van der Waals surface area (Å²) in [7, 11) is 0. The van der Waals surface area contributed by atoms with Crippen LogP contribution in [-0.2, 0) is 16.0 Å². The summed E-state index contributed by atoms with van der Waals surface area (Å²) in [6.45, 7) is 7.91. The number of aryl methyl sites for hydroxylation is 1. The zero-order chi connectivity index (χ0) is 29.5. The van der Waals surface area contributed by atoms with E-state index in [-0.39, 0.29) is 47.8 Å². The highest BCUT2D eigenvalue weighted by molar-refractivity contribution is 6.30. The molecule has 0 radical (unpaired) electrons. The highest BCUT2D eigenvalue weighted by Crippen LogP contribution is 2.35. The molecule has 1 atom stereocenters. The Morgan fingerprint density at radius 1 is 1.15 bits per heavy atom. The third kappa shape index (κ3) is 5.30. The van der Waals surface area contributed by atoms with Gasteiger partial charge in [0.1, 0.15) is 0 Å². The van der Waals surface area contributed by atoms with E-state index in [9.17, 15) is 18.4 Å². The van der Waals surface area contributed by atoms with E-state index in [1.165, 1.54) is 17.1 Å². The minimum atomic E-state index is -1.11. The molecule has 12 heteroatoms. The van der Waals surface area contributed by atoms with Crippen molar-refractivity contribution in [1.29, 1.82) is 0 Å². The van der Waals surface area contributed by atoms with Crippen molar-refractivity contribution in [3.8, 4) is 5.75 Å². The molecule has 0 saturated carbocycles. The van der Waals surface area contributed by atoms with Gasteiger partial charge >= 0.3 is 0 Å². The lowest BCUT2D eigenvalue weighted by atomic mass is 9.82. The molecule has 1 N–H and O–H groups in total. The van der Waals surface area contributed by atoms with Crippen molar-refractivity contribution >= 4 is 40.4 Å². The van der Waals surface area contributed by atoms with Gasteiger partial charge in [0.15, 0.2) is 11.6 Å². The Kier molecular flexibility index (Phi) is 7.83. The Labute approximate surface area is 241 Å². The number of ether oxygens (including phenoxy) is 1. The molecule has 0 saturated heterocycles. The molecule has 41 heavy (non-hydrogen) atoms. The molecule has 2 amide bonds. The van der Waals surface area contributed by atoms with Gasteiger partial charge in [-0.05, 0) is 57.4 Å². The van der Waals surface area contributed by atoms with E-state index in [0.717, 1.165) is 16.8 Å². The van der Waals surface area contributed by atoms with E-state index < -0.39 is 17.0 Å². The highest BCUT2D eigenvalue weighted by Gasteiger charge is 2.45. The molecule has 2 aliphatic heterocycles. The van der Waals surface area contributed by atoms with E-state index in [1.54, 1.807) is 23.7 Å². The lowest BCUT2D eigenvalue weighted by molar-refractivity contribution is -0.135. The predicted molar refractivity (Wildman–Crippen MR) is 151 cm³/mol. The minimum Gasteiger partial charge on any atom is -0.490 e. The van der Waals surface area contributed by atoms with Gasteiger partial charge in [-0.25, -0.2) is 19.3 Å². The Bertz CT molecular complexity index is 1600. The molecule has 9 nitrogen and oxygen atoms in total. The third-order valence-corrected chi connectivity index (χ3v) is 7.65. The van der Waals surface area contributed by atoms with Crippen molar-refractivity contribution in [2.24, 2.45) is 21.5 Å². The Morgan fingerprint density at radius 3 is 2.66 bits per heavy atom. The number of pyridine rings is 1. The first-order chi connectivity index (χ1) is 19.5. The molecule has 1 unspecified atom stereocenters. The van der Waals surface area contributed by atoms with Crippen LogP contribution in [0.3, 0.4) is 0 Å². The van der Waals surface area contributed by atoms with Gasteiger partial charge in [0.25, 0.3) is 5.91 Å². The minimum absolute atomic E-state index is 0.00768. The molecule has 0 bridgehead atoms. The normalized spacial score (nSPS) is 18.5. The first-order valence-electron chi connectivity index (χ1n) is 13.6. The second-order valence-corrected chi connectivity index (χ2v) is 11.2. The van der Waals surface area contributed by atoms with Gasteiger partial charge in [0.2, 0.25) is 11.7 Å². The van der Waals surface area contributed by atoms with E-state index in [4.69, 9.17) is 21.4 Å². The van der Waals surface area contributed by atoms with Crippen molar-refractivity contribution in [3.63, 3.8) is 0 Å². The number of benzene rings is 1. The fraction of sp³-hybridized carbons (Fsp3) is 0.414. The number of amides is 2. The van der Waals surface area contributed by atoms with E-state index in [1.807, 2.05) is 26.8 Å². The number of hydrazone groups is 2. The average molecular weight is 585 g/mol. The summed E-state index contributed by atoms with van der Waals surface area (Å²) in [6.07, 6.45) is 3.57. The number of nitrogens with one attached hydrogen (secondary N) is 1. The Morgan fingerprint density at radius 2 is 1.93 bits per heavy atom. The van der Waals surface area contributed by atoms with Gasteiger partial charge < -0.3 is 4.74 Å². The van der Waals surface area contributed by atoms with Gasteiger partial charge in [0, 0.05) is 36.2 Å². The molecule has 5 rings (SSSR count). The maximum absolute atomic E-state index is 14.8. The van der Waals surface area contributed by atoms with Crippen molar-refractivity contribution in [3.05, 3.63) is 63.9 Å². The molecule has 3 aromatic rings. The van der Waals surface area contributed by atoms with Gasteiger partial charge in [0.05, 0.1) is 39.7 Å². The van der Waals surface area contributed by atoms with Crippen LogP contribution in [0.1, 0.15) is 63.8 Å². The molecular weight excluding hydrogens is 554 g/mol. The second kappa shape index (κ2) is 11.2. The van der Waals surface area contributed by atoms with E-state index >= 15 is 0 Å². The largest absolute Gasteiger partial charge is 0.490 e. The smallest absolute Gasteiger partial charge is 0.254 e. The number of carbonyl (C=O) groups is 2. The van der Waals surface area contributed by atoms with Gasteiger partial charge in [-0.15, -0.1) is 0 Å². The number of unbranched alkanes of at least 4 members (excludes halogenated alkanes) is 1. The summed E-state index contributed by atoms with van der Waals surface area (Å²) in [5.41, 5.74) is 4.89. The standard InChI is InChI=1S/C29H31ClF2N6O3/c1-5-19-23(20-10-8-17(30)15-38(20)35-19)27-29(3,4)28(40)37(36-27)12-6-7-13-41-21-11-9-18(24(31)25(21)32)26-16(2)14-22(39)33-34-26/h8-11,15-16H,5-7,12-14H2,1-4H3,(H,33,39). The SMILES string of the molecule is CCc1nn2cc(Cl)ccc2c1C1=NN(CCCCOc2ccc(C3=NNC(=O)CC3C)c(F)c2F)C(=O)C1(C)C. The summed E-state index contributed by atoms with van der Waals surface area (Å²) in [5.74, 6) is -3.12. The number of hydrogen-bond acceptors (Lipinski definition) is 6. The lowest BCUT2D eigenvalue weighted by Gasteiger charge is -2.20. The van der Waals surface area contributed by atoms with Crippen LogP contribution in [0.25, 0.3) is 5.52 Å². The lowest BCUT2D eigenvalue weighted by Crippen LogP contribution is -2.35. The molecule has 1 aromatic carbocycles. The predicted octanol–water partition coefficient (Wildman–Crippen LogP) is 5.12. The first kappa shape index (κ1) is 28.7. The second-order valence-electron chi connectivity index (χ2n) is 10.8. The monoisotopic (exact) mass is 584 g/mol. The Hall–Kier alpha value is -3.86. The van der Waals surface area contributed by atoms with Crippen LogP contribution in [0.5, 0.6) is 5.75 Å². The number of halogens is 3. The number of rotatable bonds is 9. The first-order valence-corrected chi connectivity index (χ1v) is 14.0. The maximum Gasteiger partial charge on any atom is 0.254 e. The number of carbonyl (C=O) groups excluding carboxylic acids is 2. The number of hydrogen-bond donors (Lipinski definition) is 1. The molecule has 2 aromatic heterocycles. The molecule has 4 heterocycles. The van der Waals surface area contributed by atoms with Crippen LogP contribution in [0, 0.1) is 23.0 Å². The summed E-state index contributed by atoms with van der Waals surface area (Å²) >= 11 is 6.15. The molecular formula is C29H31ClF2N6O3. The van der Waals surface area contributed by atoms with Crippen molar-refractivity contribution < 1.29 is 23.1 Å². The quantitative estimate of drug-likeness (QED) is 0.353. The number of fused-ring (bicyclic) bond motifs is 1. The van der Waals surface area contributed by atoms with Gasteiger partial charge in [-0.2, -0.15) is 19.7 Å². The van der Waals surface area contributed by atoms with Crippen LogP contribution in [-0.4, -0.2) is 51.0 Å². The van der Waals surface area contributed by atoms with Crippen molar-refractivity contribution in [2.75, 3.05) is 13.2 Å². The van der Waals surface area contributed by atoms with E-state index in [2.05, 4.69) is 15.6 Å². The zero-order valence-corrected chi connectivity index (χ0v) is 24.1. The summed E-state index contributed by atoms with van der Waals surface area (Å²) in [6, 6.07) is 6.43. The number of nitrogens with zero attached hydrogens (tertiary/aromatic N) is 5. The molecule has 0 spiro atoms. The third-order valence-electron chi connectivity index (χ3n) is 7.42. The highest BCUT2D eigenvalue weighted by atomic mass is 35.5. The number of aromatic nitrogens is 2. The topological polar surface area (TPSA) is 101 Å². The van der Waals surface area contributed by atoms with Crippen LogP contribution in [0.2, 0.25) is 5.02 Å². The Balaban J connectivity index is 1.23. The van der Waals surface area contributed by atoms with Crippen LogP contribution in [0.15, 0.2) is 40.7 Å². The average Bonchev–Trinajstić information content (AvgIpc) is 3.39. The van der Waals surface area contributed by atoms with Crippen molar-refractivity contribution in [2.45, 2.75) is 53.4 Å². The molecule has 0 fully saturated rings. The summed E-state index contributed by atoms with van der Waals surface area (Å²) < 4.78 is 36.8.